The molecule has 0 spiro atoms. The maximum absolute atomic E-state index is 14.1. The molecule has 1 atom stereocenters. The van der Waals surface area contributed by atoms with Gasteiger partial charge in [0.25, 0.3) is 21.6 Å². The van der Waals surface area contributed by atoms with Crippen molar-refractivity contribution in [2.45, 2.75) is 82.3 Å². The van der Waals surface area contributed by atoms with Gasteiger partial charge in [0.2, 0.25) is 0 Å². The number of anilines is 2. The highest BCUT2D eigenvalue weighted by atomic mass is 35.5. The smallest absolute Gasteiger partial charge is 0.297 e. The summed E-state index contributed by atoms with van der Waals surface area (Å²) in [5, 5.41) is 17.2. The molecule has 1 saturated heterocycles. The summed E-state index contributed by atoms with van der Waals surface area (Å²) >= 11 is 6.25. The molecule has 0 radical (unpaired) electrons. The number of nitrogens with one attached hydrogen (secondary N) is 3. The van der Waals surface area contributed by atoms with Crippen LogP contribution in [0.3, 0.4) is 0 Å². The van der Waals surface area contributed by atoms with Gasteiger partial charge in [-0.1, -0.05) is 43.2 Å². The molecule has 1 amide bonds. The molecule has 2 aliphatic carbocycles. The normalized spacial score (nSPS) is 21.2. The lowest BCUT2D eigenvalue weighted by Crippen LogP contribution is -2.47. The first-order chi connectivity index (χ1) is 31.7. The number of rotatable bonds is 13. The Morgan fingerprint density at radius 2 is 1.80 bits per heavy atom. The number of piperazine rings is 1. The van der Waals surface area contributed by atoms with E-state index in [9.17, 15) is 23.3 Å². The summed E-state index contributed by atoms with van der Waals surface area (Å²) in [5.41, 5.74) is 5.38. The standard InChI is InChI=1S/C49H56ClN7O8S/c1-49(2)16-14-34(42(27-49)32-6-8-35(50)9-7-32)29-55-18-20-56(21-19-55)37-10-13-41(44(24-37)65-39-23-33-15-17-51-47(33)52-28-39)48(58)54-66(61,62)40-25-43(57(59)60)46-45(26-40)64-30-36(53-46)22-31-4-11-38(63-3)12-5-31/h6-10,13,15,17,23-26,28,31,36,38,53H,4-5,11-12,14,16,18-22,27,29-30H2,1-3H3,(H,51,52)(H,54,58)/t31?,36-,38?/m1/s1. The Morgan fingerprint density at radius 3 is 2.55 bits per heavy atom. The topological polar surface area (TPSA) is 181 Å². The van der Waals surface area contributed by atoms with Gasteiger partial charge in [0.05, 0.1) is 33.7 Å². The number of carbonyl (C=O) groups is 1. The van der Waals surface area contributed by atoms with Gasteiger partial charge in [-0.05, 0) is 110 Å². The summed E-state index contributed by atoms with van der Waals surface area (Å²) in [5.74, 6) is -0.0734. The molecule has 3 aromatic carbocycles. The number of hydrogen-bond acceptors (Lipinski definition) is 12. The number of aromatic amines is 1. The van der Waals surface area contributed by atoms with Crippen LogP contribution in [-0.4, -0.2) is 92.7 Å². The zero-order valence-corrected chi connectivity index (χ0v) is 39.1. The van der Waals surface area contributed by atoms with Crippen molar-refractivity contribution >= 4 is 61.2 Å². The van der Waals surface area contributed by atoms with Crippen LogP contribution < -0.4 is 24.4 Å². The molecule has 0 unspecified atom stereocenters. The van der Waals surface area contributed by atoms with Crippen LogP contribution in [-0.2, 0) is 14.8 Å². The van der Waals surface area contributed by atoms with E-state index in [0.29, 0.717) is 17.3 Å². The number of sulfonamides is 1. The number of aromatic nitrogens is 2. The lowest BCUT2D eigenvalue weighted by molar-refractivity contribution is -0.384. The Hall–Kier alpha value is -5.68. The average molecular weight is 939 g/mol. The molecule has 0 bridgehead atoms. The number of hydrogen-bond donors (Lipinski definition) is 3. The van der Waals surface area contributed by atoms with E-state index in [1.165, 1.54) is 29.0 Å². The van der Waals surface area contributed by atoms with E-state index in [1.54, 1.807) is 37.6 Å². The van der Waals surface area contributed by atoms with Crippen LogP contribution in [0.5, 0.6) is 17.2 Å². The summed E-state index contributed by atoms with van der Waals surface area (Å²) in [6.07, 6.45) is 11.4. The molecular weight excluding hydrogens is 882 g/mol. The highest BCUT2D eigenvalue weighted by Crippen LogP contribution is 2.44. The number of nitrogens with zero attached hydrogens (tertiary/aromatic N) is 4. The fourth-order valence-corrected chi connectivity index (χ4v) is 11.0. The number of halogens is 1. The molecule has 5 aromatic rings. The SMILES string of the molecule is COC1CCC(C[C@@H]2COc3cc(S(=O)(=O)NC(=O)c4ccc(N5CCN(CC6=C(c7ccc(Cl)cc7)CC(C)(C)CC6)CC5)cc4Oc4cnc5[nH]ccc5c4)cc([N+](=O)[O-])c3N2)CC1. The molecule has 2 fully saturated rings. The number of allylic oxidation sites excluding steroid dienone is 1. The van der Waals surface area contributed by atoms with Gasteiger partial charge >= 0.3 is 0 Å². The second kappa shape index (κ2) is 18.9. The zero-order chi connectivity index (χ0) is 46.2. The van der Waals surface area contributed by atoms with Crippen LogP contribution in [0, 0.1) is 21.4 Å². The van der Waals surface area contributed by atoms with E-state index in [1.807, 2.05) is 18.2 Å². The Morgan fingerprint density at radius 1 is 1.03 bits per heavy atom. The summed E-state index contributed by atoms with van der Waals surface area (Å²) in [4.78, 5) is 37.6. The number of amides is 1. The number of nitro benzene ring substituents is 1. The summed E-state index contributed by atoms with van der Waals surface area (Å²) in [6, 6.07) is 18.8. The molecule has 2 aliphatic heterocycles. The Kier molecular flexibility index (Phi) is 13.0. The number of methoxy groups -OCH3 is 1. The molecule has 4 aliphatic rings. The number of pyridine rings is 1. The first kappa shape index (κ1) is 45.5. The molecule has 1 saturated carbocycles. The Bertz CT molecular complexity index is 2760. The van der Waals surface area contributed by atoms with Crippen molar-refractivity contribution in [1.82, 2.24) is 19.6 Å². The van der Waals surface area contributed by atoms with Gasteiger partial charge in [-0.3, -0.25) is 19.8 Å². The van der Waals surface area contributed by atoms with Gasteiger partial charge in [0.15, 0.2) is 11.4 Å². The van der Waals surface area contributed by atoms with Crippen molar-refractivity contribution in [3.05, 3.63) is 111 Å². The van der Waals surface area contributed by atoms with E-state index in [4.69, 9.17) is 25.8 Å². The van der Waals surface area contributed by atoms with Crippen molar-refractivity contribution in [2.24, 2.45) is 11.3 Å². The van der Waals surface area contributed by atoms with Crippen molar-refractivity contribution in [2.75, 3.05) is 56.7 Å². The summed E-state index contributed by atoms with van der Waals surface area (Å²) < 4.78 is 47.9. The molecule has 2 aromatic heterocycles. The third kappa shape index (κ3) is 10.2. The fourth-order valence-electron chi connectivity index (χ4n) is 9.92. The maximum atomic E-state index is 14.1. The van der Waals surface area contributed by atoms with Crippen LogP contribution >= 0.6 is 11.6 Å². The Balaban J connectivity index is 0.927. The maximum Gasteiger partial charge on any atom is 0.297 e. The van der Waals surface area contributed by atoms with E-state index in [-0.39, 0.29) is 46.9 Å². The van der Waals surface area contributed by atoms with Crippen LogP contribution in [0.4, 0.5) is 17.1 Å². The number of fused-ring (bicyclic) bond motifs is 2. The van der Waals surface area contributed by atoms with Gasteiger partial charge in [-0.15, -0.1) is 0 Å². The van der Waals surface area contributed by atoms with Gasteiger partial charge in [-0.2, -0.15) is 0 Å². The van der Waals surface area contributed by atoms with Gasteiger partial charge in [-0.25, -0.2) is 18.1 Å². The monoisotopic (exact) mass is 937 g/mol. The zero-order valence-electron chi connectivity index (χ0n) is 37.5. The molecule has 17 heteroatoms. The summed E-state index contributed by atoms with van der Waals surface area (Å²) in [7, 11) is -2.93. The predicted molar refractivity (Wildman–Crippen MR) is 255 cm³/mol. The number of nitro groups is 1. The molecule has 3 N–H and O–H groups in total. The predicted octanol–water partition coefficient (Wildman–Crippen LogP) is 9.59. The van der Waals surface area contributed by atoms with Crippen molar-refractivity contribution in [1.29, 1.82) is 0 Å². The van der Waals surface area contributed by atoms with Gasteiger partial charge in [0.1, 0.15) is 23.8 Å². The number of H-pyrrole nitrogens is 1. The molecule has 15 nitrogen and oxygen atoms in total. The summed E-state index contributed by atoms with van der Waals surface area (Å²) in [6.45, 7) is 8.82. The quantitative estimate of drug-likeness (QED) is 0.0753. The molecule has 66 heavy (non-hydrogen) atoms. The first-order valence-corrected chi connectivity index (χ1v) is 24.6. The fraction of sp³-hybridized carbons (Fsp3) is 0.429. The highest BCUT2D eigenvalue weighted by Gasteiger charge is 2.34. The number of ether oxygens (including phenoxy) is 3. The van der Waals surface area contributed by atoms with E-state index >= 15 is 0 Å². The van der Waals surface area contributed by atoms with Crippen molar-refractivity contribution in [3.8, 4) is 17.2 Å². The van der Waals surface area contributed by atoms with Gasteiger partial charge in [0, 0.05) is 80.3 Å². The lowest BCUT2D eigenvalue weighted by atomic mass is 9.72. The average Bonchev–Trinajstić information content (AvgIpc) is 3.78. The second-order valence-corrected chi connectivity index (χ2v) is 21.0. The van der Waals surface area contributed by atoms with Crippen molar-refractivity contribution in [3.63, 3.8) is 0 Å². The highest BCUT2D eigenvalue weighted by molar-refractivity contribution is 7.90. The largest absolute Gasteiger partial charge is 0.489 e. The van der Waals surface area contributed by atoms with Crippen LogP contribution in [0.25, 0.3) is 16.6 Å². The second-order valence-electron chi connectivity index (χ2n) is 18.8. The minimum Gasteiger partial charge on any atom is -0.489 e. The van der Waals surface area contributed by atoms with E-state index in [0.717, 1.165) is 106 Å². The third-order valence-electron chi connectivity index (χ3n) is 13.7. The van der Waals surface area contributed by atoms with Crippen LogP contribution in [0.15, 0.2) is 89.6 Å². The first-order valence-electron chi connectivity index (χ1n) is 22.7. The molecule has 4 heterocycles. The minimum absolute atomic E-state index is 0.0268. The van der Waals surface area contributed by atoms with Crippen molar-refractivity contribution < 1.29 is 32.3 Å². The van der Waals surface area contributed by atoms with Gasteiger partial charge < -0.3 is 29.4 Å². The Labute approximate surface area is 390 Å². The minimum atomic E-state index is -4.65. The number of carbonyl (C=O) groups excluding carboxylic acids is 1. The van der Waals surface area contributed by atoms with E-state index in [2.05, 4.69) is 55.8 Å². The number of benzene rings is 3. The van der Waals surface area contributed by atoms with Crippen LogP contribution in [0.2, 0.25) is 5.02 Å². The van der Waals surface area contributed by atoms with Crippen LogP contribution in [0.1, 0.15) is 81.1 Å². The third-order valence-corrected chi connectivity index (χ3v) is 15.2. The lowest BCUT2D eigenvalue weighted by Gasteiger charge is -2.39. The van der Waals surface area contributed by atoms with E-state index < -0.39 is 31.4 Å². The molecule has 9 rings (SSSR count). The molecule has 348 valence electrons. The molecular formula is C49H56ClN7O8S.